The van der Waals surface area contributed by atoms with Crippen molar-refractivity contribution in [3.05, 3.63) is 46.4 Å². The standard InChI is InChI=1S/C24H34F3N3O6S/c1-4-5-10-35-23(32)30-15(2)11-20(29-37(3,33)34)21(30)14-36-18-8-6-16(7-9-18)19-12-17(24(25,26)27)13-22(31)28-19/h4,12-13,15-16,18,20-21,29H,1,5-11,14H2,2-3H3,(H,28,31). The second-order valence-corrected chi connectivity index (χ2v) is 11.5. The number of nitrogens with zero attached hydrogens (tertiary/aromatic N) is 1. The van der Waals surface area contributed by atoms with Crippen LogP contribution in [0.3, 0.4) is 0 Å². The SMILES string of the molecule is C=CCCOC(=O)N1C(C)CC(NS(C)(=O)=O)C1COC1CCC(c2cc(C(F)(F)F)cc(=O)[nH]2)CC1. The minimum atomic E-state index is -4.60. The topological polar surface area (TPSA) is 118 Å². The predicted molar refractivity (Wildman–Crippen MR) is 131 cm³/mol. The monoisotopic (exact) mass is 549 g/mol. The summed E-state index contributed by atoms with van der Waals surface area (Å²) in [4.78, 5) is 28.6. The highest BCUT2D eigenvalue weighted by Gasteiger charge is 2.44. The van der Waals surface area contributed by atoms with Crippen LogP contribution in [-0.2, 0) is 25.7 Å². The van der Waals surface area contributed by atoms with Crippen molar-refractivity contribution in [3.63, 3.8) is 0 Å². The second kappa shape index (κ2) is 12.0. The van der Waals surface area contributed by atoms with Crippen molar-refractivity contribution < 1.29 is 35.9 Å². The predicted octanol–water partition coefficient (Wildman–Crippen LogP) is 3.53. The highest BCUT2D eigenvalue weighted by molar-refractivity contribution is 7.88. The Morgan fingerprint density at radius 3 is 2.54 bits per heavy atom. The number of aromatic nitrogens is 1. The smallest absolute Gasteiger partial charge is 0.416 e. The first-order chi connectivity index (χ1) is 17.3. The van der Waals surface area contributed by atoms with Gasteiger partial charge in [-0.2, -0.15) is 13.2 Å². The number of halogens is 3. The van der Waals surface area contributed by atoms with Crippen molar-refractivity contribution in [2.24, 2.45) is 0 Å². The van der Waals surface area contributed by atoms with Crippen LogP contribution in [0, 0.1) is 0 Å². The quantitative estimate of drug-likeness (QED) is 0.360. The number of sulfonamides is 1. The molecule has 3 unspecified atom stereocenters. The van der Waals surface area contributed by atoms with Crippen molar-refractivity contribution in [1.82, 2.24) is 14.6 Å². The first-order valence-electron chi connectivity index (χ1n) is 12.2. The van der Waals surface area contributed by atoms with Gasteiger partial charge >= 0.3 is 12.3 Å². The van der Waals surface area contributed by atoms with Gasteiger partial charge in [0.25, 0.3) is 0 Å². The maximum Gasteiger partial charge on any atom is 0.416 e. The minimum Gasteiger partial charge on any atom is -0.449 e. The lowest BCUT2D eigenvalue weighted by molar-refractivity contribution is -0.137. The summed E-state index contributed by atoms with van der Waals surface area (Å²) in [6, 6.07) is 0.125. The molecule has 9 nitrogen and oxygen atoms in total. The fourth-order valence-corrected chi connectivity index (χ4v) is 5.90. The summed E-state index contributed by atoms with van der Waals surface area (Å²) in [7, 11) is -3.54. The van der Waals surface area contributed by atoms with E-state index >= 15 is 0 Å². The zero-order chi connectivity index (χ0) is 27.4. The summed E-state index contributed by atoms with van der Waals surface area (Å²) in [5.41, 5.74) is -1.50. The number of hydrogen-bond acceptors (Lipinski definition) is 6. The van der Waals surface area contributed by atoms with E-state index in [4.69, 9.17) is 9.47 Å². The van der Waals surface area contributed by atoms with Gasteiger partial charge in [0.1, 0.15) is 0 Å². The Morgan fingerprint density at radius 2 is 1.95 bits per heavy atom. The number of hydrogen-bond donors (Lipinski definition) is 2. The Morgan fingerprint density at radius 1 is 1.27 bits per heavy atom. The Balaban J connectivity index is 1.64. The number of nitrogens with one attached hydrogen (secondary N) is 2. The zero-order valence-electron chi connectivity index (χ0n) is 20.9. The number of rotatable bonds is 9. The van der Waals surface area contributed by atoms with E-state index in [0.717, 1.165) is 12.3 Å². The first-order valence-corrected chi connectivity index (χ1v) is 14.1. The van der Waals surface area contributed by atoms with Crippen LogP contribution in [0.1, 0.15) is 62.6 Å². The average Bonchev–Trinajstić information content (AvgIpc) is 3.10. The summed E-state index contributed by atoms with van der Waals surface area (Å²) in [5, 5.41) is 0. The van der Waals surface area contributed by atoms with Gasteiger partial charge in [0.2, 0.25) is 15.6 Å². The number of pyridine rings is 1. The van der Waals surface area contributed by atoms with E-state index in [-0.39, 0.29) is 37.0 Å². The molecule has 2 fully saturated rings. The fraction of sp³-hybridized carbons (Fsp3) is 0.667. The number of likely N-dealkylation sites (tertiary alicyclic amines) is 1. The molecule has 1 aromatic heterocycles. The van der Waals surface area contributed by atoms with Gasteiger partial charge in [0, 0.05) is 23.8 Å². The molecule has 0 bridgehead atoms. The number of carbonyl (C=O) groups is 1. The molecule has 13 heteroatoms. The summed E-state index contributed by atoms with van der Waals surface area (Å²) in [6.07, 6.45) is 0.298. The average molecular weight is 550 g/mol. The van der Waals surface area contributed by atoms with Gasteiger partial charge in [-0.05, 0) is 57.4 Å². The van der Waals surface area contributed by atoms with Gasteiger partial charge in [-0.1, -0.05) is 6.08 Å². The maximum absolute atomic E-state index is 13.1. The van der Waals surface area contributed by atoms with E-state index in [2.05, 4.69) is 16.3 Å². The van der Waals surface area contributed by atoms with Crippen molar-refractivity contribution in [1.29, 1.82) is 0 Å². The largest absolute Gasteiger partial charge is 0.449 e. The minimum absolute atomic E-state index is 0.0732. The Labute approximate surface area is 214 Å². The lowest BCUT2D eigenvalue weighted by Crippen LogP contribution is -2.50. The Bertz CT molecular complexity index is 1120. The van der Waals surface area contributed by atoms with Crippen LogP contribution in [-0.4, -0.2) is 68.1 Å². The number of alkyl halides is 3. The van der Waals surface area contributed by atoms with E-state index in [9.17, 15) is 31.2 Å². The molecule has 2 N–H and O–H groups in total. The van der Waals surface area contributed by atoms with Gasteiger partial charge in [-0.15, -0.1) is 6.58 Å². The van der Waals surface area contributed by atoms with Crippen LogP contribution in [0.4, 0.5) is 18.0 Å². The summed E-state index contributed by atoms with van der Waals surface area (Å²) in [6.45, 7) is 5.64. The Kier molecular flexibility index (Phi) is 9.46. The number of ether oxygens (including phenoxy) is 2. The molecule has 1 amide bonds. The number of aromatic amines is 1. The van der Waals surface area contributed by atoms with Gasteiger partial charge in [-0.25, -0.2) is 17.9 Å². The lowest BCUT2D eigenvalue weighted by atomic mass is 9.84. The van der Waals surface area contributed by atoms with Crippen LogP contribution in [0.5, 0.6) is 0 Å². The Hall–Kier alpha value is -2.38. The van der Waals surface area contributed by atoms with Gasteiger partial charge in [0.15, 0.2) is 0 Å². The van der Waals surface area contributed by atoms with E-state index in [1.165, 1.54) is 4.90 Å². The molecule has 1 saturated carbocycles. The van der Waals surface area contributed by atoms with E-state index in [0.29, 0.717) is 44.6 Å². The molecule has 0 spiro atoms. The van der Waals surface area contributed by atoms with Crippen LogP contribution in [0.25, 0.3) is 0 Å². The molecule has 1 saturated heterocycles. The van der Waals surface area contributed by atoms with Crippen LogP contribution < -0.4 is 10.3 Å². The van der Waals surface area contributed by atoms with Crippen molar-refractivity contribution >= 4 is 16.1 Å². The molecule has 0 radical (unpaired) electrons. The molecule has 1 aromatic rings. The molecule has 2 heterocycles. The summed E-state index contributed by atoms with van der Waals surface area (Å²) in [5.74, 6) is -0.239. The fourth-order valence-electron chi connectivity index (χ4n) is 5.10. The number of amides is 1. The van der Waals surface area contributed by atoms with Crippen LogP contribution >= 0.6 is 0 Å². The molecule has 1 aliphatic heterocycles. The van der Waals surface area contributed by atoms with Crippen molar-refractivity contribution in [2.75, 3.05) is 19.5 Å². The summed E-state index contributed by atoms with van der Waals surface area (Å²) < 4.78 is 77.2. The van der Waals surface area contributed by atoms with Gasteiger partial charge in [0.05, 0.1) is 37.2 Å². The van der Waals surface area contributed by atoms with Crippen molar-refractivity contribution in [3.8, 4) is 0 Å². The molecular formula is C24H34F3N3O6S. The molecule has 2 aliphatic rings. The lowest BCUT2D eigenvalue weighted by Gasteiger charge is -2.33. The highest BCUT2D eigenvalue weighted by atomic mass is 32.2. The molecule has 1 aliphatic carbocycles. The molecule has 37 heavy (non-hydrogen) atoms. The van der Waals surface area contributed by atoms with E-state index in [1.807, 2.05) is 6.92 Å². The first kappa shape index (κ1) is 29.2. The van der Waals surface area contributed by atoms with Crippen LogP contribution in [0.2, 0.25) is 0 Å². The van der Waals surface area contributed by atoms with Crippen LogP contribution in [0.15, 0.2) is 29.6 Å². The van der Waals surface area contributed by atoms with Gasteiger partial charge in [-0.3, -0.25) is 9.69 Å². The number of H-pyrrole nitrogens is 1. The van der Waals surface area contributed by atoms with E-state index < -0.39 is 45.5 Å². The molecular weight excluding hydrogens is 515 g/mol. The van der Waals surface area contributed by atoms with E-state index in [1.54, 1.807) is 6.08 Å². The number of carbonyl (C=O) groups excluding carboxylic acids is 1. The summed E-state index contributed by atoms with van der Waals surface area (Å²) >= 11 is 0. The third-order valence-corrected chi connectivity index (χ3v) is 7.56. The third kappa shape index (κ3) is 8.05. The third-order valence-electron chi connectivity index (χ3n) is 6.82. The molecule has 3 rings (SSSR count). The normalized spacial score (nSPS) is 26.7. The molecule has 0 aromatic carbocycles. The zero-order valence-corrected chi connectivity index (χ0v) is 21.7. The maximum atomic E-state index is 13.1. The molecule has 3 atom stereocenters. The second-order valence-electron chi connectivity index (χ2n) is 9.74. The highest BCUT2D eigenvalue weighted by Crippen LogP contribution is 2.36. The molecule has 208 valence electrons. The van der Waals surface area contributed by atoms with Crippen molar-refractivity contribution in [2.45, 2.75) is 81.8 Å². The van der Waals surface area contributed by atoms with Gasteiger partial charge < -0.3 is 14.5 Å².